The number of aromatic carboxylic acids is 1. The van der Waals surface area contributed by atoms with Gasteiger partial charge in [-0.15, -0.1) is 12.3 Å². The Kier molecular flexibility index (Phi) is 2.69. The topological polar surface area (TPSA) is 60.4 Å². The van der Waals surface area contributed by atoms with E-state index in [2.05, 4.69) is 6.58 Å². The van der Waals surface area contributed by atoms with Crippen LogP contribution >= 0.6 is 0 Å². The van der Waals surface area contributed by atoms with Gasteiger partial charge in [-0.2, -0.15) is 0 Å². The van der Waals surface area contributed by atoms with E-state index >= 15 is 0 Å². The van der Waals surface area contributed by atoms with Gasteiger partial charge < -0.3 is 10.2 Å². The maximum atomic E-state index is 11.2. The lowest BCUT2D eigenvalue weighted by atomic mass is 10.0. The van der Waals surface area contributed by atoms with Crippen LogP contribution in [0.1, 0.15) is 15.9 Å². The predicted octanol–water partition coefficient (Wildman–Crippen LogP) is 1.19. The zero-order valence-electron chi connectivity index (χ0n) is 6.99. The van der Waals surface area contributed by atoms with Crippen molar-refractivity contribution in [2.24, 2.45) is 0 Å². The summed E-state index contributed by atoms with van der Waals surface area (Å²) in [6.45, 7) is 3.47. The Morgan fingerprint density at radius 3 is 2.85 bits per heavy atom. The van der Waals surface area contributed by atoms with E-state index in [1.807, 2.05) is 0 Å². The molecule has 13 heavy (non-hydrogen) atoms. The van der Waals surface area contributed by atoms with E-state index < -0.39 is 5.97 Å². The van der Waals surface area contributed by atoms with E-state index in [4.69, 9.17) is 5.11 Å². The summed E-state index contributed by atoms with van der Waals surface area (Å²) in [7, 11) is 0. The zero-order valence-corrected chi connectivity index (χ0v) is 6.99. The molecule has 1 N–H and O–H groups in total. The molecule has 0 radical (unpaired) electrons. The highest BCUT2D eigenvalue weighted by atomic mass is 16.4. The fourth-order valence-corrected chi connectivity index (χ4v) is 1.12. The zero-order chi connectivity index (χ0) is 9.84. The van der Waals surface area contributed by atoms with Crippen molar-refractivity contribution in [3.05, 3.63) is 42.0 Å². The van der Waals surface area contributed by atoms with Crippen molar-refractivity contribution in [3.63, 3.8) is 0 Å². The Morgan fingerprint density at radius 1 is 1.62 bits per heavy atom. The number of carboxylic acid groups (broad SMARTS) is 1. The molecule has 3 heteroatoms. The lowest BCUT2D eigenvalue weighted by molar-refractivity contribution is -0.269. The van der Waals surface area contributed by atoms with Crippen molar-refractivity contribution >= 4 is 5.97 Å². The lowest BCUT2D eigenvalue weighted by Gasteiger charge is -2.13. The molecular formula is C10H9O3-. The van der Waals surface area contributed by atoms with Crippen molar-refractivity contribution in [3.8, 4) is 5.75 Å². The molecule has 1 rings (SSSR count). The van der Waals surface area contributed by atoms with Crippen molar-refractivity contribution < 1.29 is 15.0 Å². The minimum Gasteiger partial charge on any atom is -0.872 e. The largest absolute Gasteiger partial charge is 0.872 e. The third-order valence-electron chi connectivity index (χ3n) is 1.71. The highest BCUT2D eigenvalue weighted by Gasteiger charge is 2.07. The van der Waals surface area contributed by atoms with Crippen LogP contribution in [0.4, 0.5) is 0 Å². The van der Waals surface area contributed by atoms with E-state index in [-0.39, 0.29) is 11.3 Å². The van der Waals surface area contributed by atoms with Crippen LogP contribution in [0, 0.1) is 0 Å². The van der Waals surface area contributed by atoms with Gasteiger partial charge >= 0.3 is 5.97 Å². The Bertz CT molecular complexity index is 342. The first-order valence-electron chi connectivity index (χ1n) is 3.80. The van der Waals surface area contributed by atoms with Gasteiger partial charge in [-0.25, -0.2) is 4.79 Å². The van der Waals surface area contributed by atoms with Gasteiger partial charge in [0.1, 0.15) is 0 Å². The summed E-state index contributed by atoms with van der Waals surface area (Å²) in [6.07, 6.45) is 1.81. The maximum Gasteiger partial charge on any atom is 0.335 e. The summed E-state index contributed by atoms with van der Waals surface area (Å²) in [5.41, 5.74) is 0.359. The molecule has 0 saturated heterocycles. The third-order valence-corrected chi connectivity index (χ3v) is 1.71. The van der Waals surface area contributed by atoms with Gasteiger partial charge in [0.25, 0.3) is 0 Å². The summed E-state index contributed by atoms with van der Waals surface area (Å²) in [5.74, 6) is -1.32. The van der Waals surface area contributed by atoms with Crippen LogP contribution in [0.5, 0.6) is 5.75 Å². The molecule has 0 atom stereocenters. The second-order valence-corrected chi connectivity index (χ2v) is 2.58. The molecule has 3 nitrogen and oxygen atoms in total. The van der Waals surface area contributed by atoms with Gasteiger partial charge in [-0.05, 0) is 18.1 Å². The molecule has 0 aliphatic rings. The van der Waals surface area contributed by atoms with Crippen molar-refractivity contribution in [1.29, 1.82) is 0 Å². The van der Waals surface area contributed by atoms with Gasteiger partial charge in [-0.1, -0.05) is 18.2 Å². The molecule has 1 aromatic carbocycles. The number of hydrogen-bond acceptors (Lipinski definition) is 2. The number of rotatable bonds is 3. The smallest absolute Gasteiger partial charge is 0.335 e. The monoisotopic (exact) mass is 177 g/mol. The van der Waals surface area contributed by atoms with E-state index in [1.54, 1.807) is 0 Å². The fraction of sp³-hybridized carbons (Fsp3) is 0.100. The van der Waals surface area contributed by atoms with Gasteiger partial charge in [0.2, 0.25) is 0 Å². The fourth-order valence-electron chi connectivity index (χ4n) is 1.12. The van der Waals surface area contributed by atoms with Gasteiger partial charge in [0.15, 0.2) is 0 Å². The van der Waals surface area contributed by atoms with Crippen LogP contribution in [0.3, 0.4) is 0 Å². The van der Waals surface area contributed by atoms with Crippen LogP contribution in [0.15, 0.2) is 30.9 Å². The maximum absolute atomic E-state index is 11.2. The van der Waals surface area contributed by atoms with Crippen molar-refractivity contribution in [2.75, 3.05) is 0 Å². The molecule has 0 spiro atoms. The molecule has 0 aliphatic carbocycles. The van der Waals surface area contributed by atoms with Crippen LogP contribution in [0.25, 0.3) is 0 Å². The molecule has 0 unspecified atom stereocenters. The molecule has 68 valence electrons. The number of benzene rings is 1. The summed E-state index contributed by atoms with van der Waals surface area (Å²) < 4.78 is 0. The van der Waals surface area contributed by atoms with Gasteiger partial charge in [-0.3, -0.25) is 0 Å². The Labute approximate surface area is 76.0 Å². The Hall–Kier alpha value is -1.77. The molecule has 0 heterocycles. The molecule has 0 saturated carbocycles. The van der Waals surface area contributed by atoms with Gasteiger partial charge in [0.05, 0.1) is 5.56 Å². The number of allylic oxidation sites excluding steroid dienone is 1. The third kappa shape index (κ3) is 1.87. The first-order chi connectivity index (χ1) is 6.16. The predicted molar refractivity (Wildman–Crippen MR) is 46.7 cm³/mol. The van der Waals surface area contributed by atoms with E-state index in [9.17, 15) is 9.90 Å². The normalized spacial score (nSPS) is 9.54. The lowest BCUT2D eigenvalue weighted by Crippen LogP contribution is -2.05. The second kappa shape index (κ2) is 3.76. The van der Waals surface area contributed by atoms with Crippen LogP contribution in [-0.2, 0) is 6.42 Å². The number of hydrogen-bond donors (Lipinski definition) is 1. The van der Waals surface area contributed by atoms with Crippen molar-refractivity contribution in [2.45, 2.75) is 6.42 Å². The van der Waals surface area contributed by atoms with Crippen molar-refractivity contribution in [1.82, 2.24) is 0 Å². The molecule has 0 bridgehead atoms. The highest BCUT2D eigenvalue weighted by Crippen LogP contribution is 2.19. The second-order valence-electron chi connectivity index (χ2n) is 2.58. The standard InChI is InChI=1S/C10H10O3/c1-2-4-7-8(10(12)13)5-3-6-9(7)11/h2-3,5-6,11H,1,4H2,(H,12,13)/p-1. The summed E-state index contributed by atoms with van der Waals surface area (Å²) in [5, 5.41) is 20.0. The van der Waals surface area contributed by atoms with Crippen LogP contribution < -0.4 is 5.11 Å². The average Bonchev–Trinajstić information content (AvgIpc) is 2.08. The molecule has 0 aliphatic heterocycles. The average molecular weight is 177 g/mol. The first-order valence-corrected chi connectivity index (χ1v) is 3.80. The molecule has 1 aromatic rings. The van der Waals surface area contributed by atoms with Crippen LogP contribution in [-0.4, -0.2) is 11.1 Å². The summed E-state index contributed by atoms with van der Waals surface area (Å²) in [4.78, 5) is 10.7. The minimum atomic E-state index is -1.07. The first kappa shape index (κ1) is 9.32. The quantitative estimate of drug-likeness (QED) is 0.705. The molecule has 0 amide bonds. The molecule has 0 aromatic heterocycles. The highest BCUT2D eigenvalue weighted by molar-refractivity contribution is 5.90. The van der Waals surface area contributed by atoms with E-state index in [1.165, 1.54) is 24.3 Å². The Balaban J connectivity index is 3.24. The van der Waals surface area contributed by atoms with Crippen LogP contribution in [0.2, 0.25) is 0 Å². The number of carbonyl (C=O) groups is 1. The van der Waals surface area contributed by atoms with E-state index in [0.29, 0.717) is 12.0 Å². The summed E-state index contributed by atoms with van der Waals surface area (Å²) in [6, 6.07) is 4.21. The Morgan fingerprint density at radius 2 is 2.31 bits per heavy atom. The summed E-state index contributed by atoms with van der Waals surface area (Å²) >= 11 is 0. The van der Waals surface area contributed by atoms with Gasteiger partial charge in [0, 0.05) is 0 Å². The minimum absolute atomic E-state index is 0.0624. The molecular weight excluding hydrogens is 168 g/mol. The number of carboxylic acids is 1. The molecule has 0 fully saturated rings. The SMILES string of the molecule is C=CCc1c([O-])cccc1C(=O)O. The van der Waals surface area contributed by atoms with E-state index in [0.717, 1.165) is 0 Å².